The molecule has 3 nitrogen and oxygen atoms in total. The molecule has 0 aromatic heterocycles. The predicted molar refractivity (Wildman–Crippen MR) is 79.1 cm³/mol. The molecule has 2 rings (SSSR count). The Morgan fingerprint density at radius 2 is 2.11 bits per heavy atom. The number of carbonyl (C=O) groups excluding carboxylic acids is 1. The van der Waals surface area contributed by atoms with E-state index in [1.54, 1.807) is 0 Å². The second-order valence-electron chi connectivity index (χ2n) is 4.97. The fourth-order valence-corrected chi connectivity index (χ4v) is 2.66. The third kappa shape index (κ3) is 3.57. The molecule has 0 heterocycles. The van der Waals surface area contributed by atoms with Crippen molar-refractivity contribution in [2.75, 3.05) is 0 Å². The highest BCUT2D eigenvalue weighted by atomic mass is 35.5. The zero-order valence-electron chi connectivity index (χ0n) is 11.2. The van der Waals surface area contributed by atoms with Gasteiger partial charge in [0.05, 0.1) is 5.70 Å². The molecule has 19 heavy (non-hydrogen) atoms. The maximum absolute atomic E-state index is 12.1. The summed E-state index contributed by atoms with van der Waals surface area (Å²) in [4.78, 5) is 16.3. The molecule has 0 atom stereocenters. The molecule has 0 aromatic carbocycles. The summed E-state index contributed by atoms with van der Waals surface area (Å²) >= 11 is 5.71. The molecule has 2 aliphatic carbocycles. The monoisotopic (exact) mass is 278 g/mol. The van der Waals surface area contributed by atoms with Crippen LogP contribution in [0, 0.1) is 0 Å². The van der Waals surface area contributed by atoms with E-state index in [2.05, 4.69) is 11.9 Å². The zero-order chi connectivity index (χ0) is 13.8. The summed E-state index contributed by atoms with van der Waals surface area (Å²) in [5.74, 6) is 0.229. The maximum Gasteiger partial charge on any atom is 0.193 e. The molecule has 0 aromatic rings. The second-order valence-corrected chi connectivity index (χ2v) is 5.36. The van der Waals surface area contributed by atoms with Crippen molar-refractivity contribution in [3.05, 3.63) is 34.6 Å². The third-order valence-electron chi connectivity index (χ3n) is 3.55. The smallest absolute Gasteiger partial charge is 0.193 e. The van der Waals surface area contributed by atoms with Gasteiger partial charge in [0.1, 0.15) is 0 Å². The summed E-state index contributed by atoms with van der Waals surface area (Å²) in [6.07, 6.45) is 9.23. The Labute approximate surface area is 118 Å². The summed E-state index contributed by atoms with van der Waals surface area (Å²) in [5, 5.41) is 0.0540. The molecule has 2 bridgehead atoms. The fourth-order valence-electron chi connectivity index (χ4n) is 2.56. The summed E-state index contributed by atoms with van der Waals surface area (Å²) in [6.45, 7) is 2.05. The van der Waals surface area contributed by atoms with Gasteiger partial charge in [-0.2, -0.15) is 0 Å². The van der Waals surface area contributed by atoms with E-state index in [0.717, 1.165) is 48.9 Å². The molecule has 4 heteroatoms. The fraction of sp³-hybridized carbons (Fsp3) is 0.467. The van der Waals surface area contributed by atoms with E-state index in [0.29, 0.717) is 6.42 Å². The van der Waals surface area contributed by atoms with Crippen molar-refractivity contribution in [1.82, 2.24) is 0 Å². The first-order valence-electron chi connectivity index (χ1n) is 6.76. The molecule has 0 fully saturated rings. The van der Waals surface area contributed by atoms with Gasteiger partial charge in [0, 0.05) is 18.4 Å². The molecule has 102 valence electrons. The lowest BCUT2D eigenvalue weighted by atomic mass is 9.95. The van der Waals surface area contributed by atoms with Crippen LogP contribution in [0.25, 0.3) is 0 Å². The van der Waals surface area contributed by atoms with Crippen molar-refractivity contribution < 1.29 is 4.79 Å². The van der Waals surface area contributed by atoms with Gasteiger partial charge in [-0.05, 0) is 48.9 Å². The van der Waals surface area contributed by atoms with Crippen LogP contribution in [0.1, 0.15) is 45.4 Å². The van der Waals surface area contributed by atoms with E-state index >= 15 is 0 Å². The van der Waals surface area contributed by atoms with Crippen molar-refractivity contribution in [3.63, 3.8) is 0 Å². The average molecular weight is 279 g/mol. The van der Waals surface area contributed by atoms with Crippen LogP contribution >= 0.6 is 11.6 Å². The number of rotatable bonds is 2. The minimum absolute atomic E-state index is 0.0540. The largest absolute Gasteiger partial charge is 0.374 e. The number of ketones is 1. The van der Waals surface area contributed by atoms with Crippen molar-refractivity contribution in [2.45, 2.75) is 45.4 Å². The van der Waals surface area contributed by atoms with Crippen molar-refractivity contribution in [2.24, 2.45) is 10.7 Å². The SMILES string of the molecule is CCC1=C(N=C(N)Cl)CC2=CC(=C1)C(=O)CCCC2. The number of fused-ring (bicyclic) bond motifs is 1. The van der Waals surface area contributed by atoms with Crippen LogP contribution in [0.4, 0.5) is 0 Å². The Morgan fingerprint density at radius 3 is 2.79 bits per heavy atom. The van der Waals surface area contributed by atoms with Gasteiger partial charge < -0.3 is 5.73 Å². The lowest BCUT2D eigenvalue weighted by Crippen LogP contribution is -2.04. The van der Waals surface area contributed by atoms with E-state index in [-0.39, 0.29) is 11.1 Å². The van der Waals surface area contributed by atoms with Crippen LogP contribution in [-0.4, -0.2) is 11.1 Å². The number of aliphatic imine (C=N–C) groups is 1. The highest BCUT2D eigenvalue weighted by Gasteiger charge is 2.18. The molecule has 0 amide bonds. The van der Waals surface area contributed by atoms with Crippen molar-refractivity contribution in [3.8, 4) is 0 Å². The number of hydrogen-bond acceptors (Lipinski definition) is 2. The van der Waals surface area contributed by atoms with Crippen LogP contribution in [0.15, 0.2) is 39.6 Å². The van der Waals surface area contributed by atoms with Crippen LogP contribution < -0.4 is 5.73 Å². The number of nitrogens with zero attached hydrogens (tertiary/aromatic N) is 1. The Kier molecular flexibility index (Phi) is 4.59. The number of Topliss-reactive ketones (excluding diaryl/α,β-unsaturated/α-hetero) is 1. The molecule has 0 unspecified atom stereocenters. The van der Waals surface area contributed by atoms with Gasteiger partial charge in [-0.25, -0.2) is 4.99 Å². The number of halogens is 1. The van der Waals surface area contributed by atoms with Crippen LogP contribution in [-0.2, 0) is 4.79 Å². The minimum Gasteiger partial charge on any atom is -0.374 e. The van der Waals surface area contributed by atoms with Crippen LogP contribution in [0.3, 0.4) is 0 Å². The Hall–Kier alpha value is -1.35. The van der Waals surface area contributed by atoms with E-state index < -0.39 is 0 Å². The normalized spacial score (nSPS) is 21.4. The highest BCUT2D eigenvalue weighted by Crippen LogP contribution is 2.31. The molecule has 0 aliphatic heterocycles. The first-order valence-corrected chi connectivity index (χ1v) is 7.14. The van der Waals surface area contributed by atoms with E-state index in [9.17, 15) is 4.79 Å². The summed E-state index contributed by atoms with van der Waals surface area (Å²) in [7, 11) is 0. The highest BCUT2D eigenvalue weighted by molar-refractivity contribution is 6.64. The van der Waals surface area contributed by atoms with Crippen molar-refractivity contribution >= 4 is 22.7 Å². The van der Waals surface area contributed by atoms with Crippen LogP contribution in [0.5, 0.6) is 0 Å². The molecule has 2 N–H and O–H groups in total. The minimum atomic E-state index is 0.0540. The summed E-state index contributed by atoms with van der Waals surface area (Å²) < 4.78 is 0. The maximum atomic E-state index is 12.1. The predicted octanol–water partition coefficient (Wildman–Crippen LogP) is 3.60. The first-order chi connectivity index (χ1) is 9.10. The number of carbonyl (C=O) groups is 1. The first kappa shape index (κ1) is 14.1. The summed E-state index contributed by atoms with van der Waals surface area (Å²) in [6, 6.07) is 0. The number of amidine groups is 1. The van der Waals surface area contributed by atoms with E-state index in [1.165, 1.54) is 5.57 Å². The van der Waals surface area contributed by atoms with Gasteiger partial charge in [0.25, 0.3) is 0 Å². The standard InChI is InChI=1S/C15H19ClN2O/c1-2-11-9-12-7-10(5-3-4-6-14(12)19)8-13(11)18-15(16)17/h7,9H,2-6,8H2,1H3,(H2,17,18). The van der Waals surface area contributed by atoms with Gasteiger partial charge >= 0.3 is 0 Å². The Balaban J connectivity index is 2.48. The van der Waals surface area contributed by atoms with Gasteiger partial charge in [-0.1, -0.05) is 18.6 Å². The molecule has 0 saturated carbocycles. The molecule has 0 spiro atoms. The quantitative estimate of drug-likeness (QED) is 0.477. The molecule has 0 radical (unpaired) electrons. The lowest BCUT2D eigenvalue weighted by Gasteiger charge is -2.11. The Bertz CT molecular complexity index is 508. The average Bonchev–Trinajstić information content (AvgIpc) is 2.52. The summed E-state index contributed by atoms with van der Waals surface area (Å²) in [5.41, 5.74) is 9.50. The molecule has 0 saturated heterocycles. The topological polar surface area (TPSA) is 55.4 Å². The van der Waals surface area contributed by atoms with E-state index in [4.69, 9.17) is 17.3 Å². The van der Waals surface area contributed by atoms with Gasteiger partial charge in [-0.3, -0.25) is 4.79 Å². The Morgan fingerprint density at radius 1 is 1.37 bits per heavy atom. The molecular weight excluding hydrogens is 260 g/mol. The molecular formula is C15H19ClN2O. The van der Waals surface area contributed by atoms with Gasteiger partial charge in [0.15, 0.2) is 11.1 Å². The zero-order valence-corrected chi connectivity index (χ0v) is 12.0. The van der Waals surface area contributed by atoms with Crippen molar-refractivity contribution in [1.29, 1.82) is 0 Å². The number of hydrogen-bond donors (Lipinski definition) is 1. The van der Waals surface area contributed by atoms with E-state index in [1.807, 2.05) is 12.2 Å². The molecule has 2 aliphatic rings. The van der Waals surface area contributed by atoms with Crippen LogP contribution in [0.2, 0.25) is 0 Å². The second kappa shape index (κ2) is 6.20. The number of allylic oxidation sites excluding steroid dienone is 5. The third-order valence-corrected chi connectivity index (χ3v) is 3.64. The number of nitrogens with two attached hydrogens (primary N) is 1. The van der Waals surface area contributed by atoms with Gasteiger partial charge in [0.2, 0.25) is 0 Å². The lowest BCUT2D eigenvalue weighted by molar-refractivity contribution is -0.115. The van der Waals surface area contributed by atoms with Gasteiger partial charge in [-0.15, -0.1) is 0 Å².